The van der Waals surface area contributed by atoms with Gasteiger partial charge in [0.1, 0.15) is 5.65 Å². The molecule has 0 fully saturated rings. The van der Waals surface area contributed by atoms with Crippen LogP contribution in [0.15, 0.2) is 69.4 Å². The number of benzene rings is 2. The Kier molecular flexibility index (Phi) is 14.8. The fourth-order valence-corrected chi connectivity index (χ4v) is 5.87. The first-order chi connectivity index (χ1) is 23.7. The molecular formula is C38H55F3N8OS. The van der Waals surface area contributed by atoms with Gasteiger partial charge in [-0.2, -0.15) is 18.2 Å². The van der Waals surface area contributed by atoms with Crippen molar-refractivity contribution in [2.45, 2.75) is 114 Å². The van der Waals surface area contributed by atoms with Gasteiger partial charge in [-0.3, -0.25) is 9.56 Å². The van der Waals surface area contributed by atoms with E-state index in [1.54, 1.807) is 16.7 Å². The molecule has 0 aliphatic heterocycles. The lowest BCUT2D eigenvalue weighted by Crippen LogP contribution is -2.23. The maximum Gasteiger partial charge on any atom is 0.446 e. The zero-order valence-electron chi connectivity index (χ0n) is 31.0. The molecule has 13 heteroatoms. The van der Waals surface area contributed by atoms with E-state index in [0.29, 0.717) is 12.2 Å². The van der Waals surface area contributed by atoms with Gasteiger partial charge in [0.05, 0.1) is 5.69 Å². The smallest absolute Gasteiger partial charge is 0.370 e. The lowest BCUT2D eigenvalue weighted by molar-refractivity contribution is -0.0328. The van der Waals surface area contributed by atoms with Crippen molar-refractivity contribution in [3.05, 3.63) is 87.6 Å². The molecule has 0 saturated heterocycles. The van der Waals surface area contributed by atoms with Crippen molar-refractivity contribution in [2.24, 2.45) is 22.2 Å². The monoisotopic (exact) mass is 728 g/mol. The second-order valence-electron chi connectivity index (χ2n) is 14.9. The molecule has 4 rings (SSSR count). The molecular weight excluding hydrogens is 674 g/mol. The second kappa shape index (κ2) is 18.1. The van der Waals surface area contributed by atoms with E-state index in [1.807, 2.05) is 64.2 Å². The standard InChI is InChI=1S/C21H29N7O.C17H26F3NS/c1-21(2,3)17-11-15-13-28(20(29)27-18(15)26-17)16-7-5-14(6-8-16)12-24-9-4-10-25-19(22)23;1-5-14(21)8-6-7-12-9-13(16(2,3)4)11-15(10-12)22-17(18,19)20/h5-8,11,13,24H,4,9-10,12H2,1-3H3,(H4,22,23,25)(H,26,27,29);9-11,14H,5-8,21H2,1-4H3/t;14-/m.0/s1. The third kappa shape index (κ3) is 14.0. The molecule has 1 atom stereocenters. The Morgan fingerprint density at radius 3 is 2.25 bits per heavy atom. The normalized spacial score (nSPS) is 12.8. The number of H-pyrrole nitrogens is 1. The van der Waals surface area contributed by atoms with E-state index >= 15 is 0 Å². The van der Waals surface area contributed by atoms with Crippen LogP contribution in [0.1, 0.15) is 96.5 Å². The van der Waals surface area contributed by atoms with Gasteiger partial charge >= 0.3 is 11.2 Å². The lowest BCUT2D eigenvalue weighted by Gasteiger charge is -2.21. The number of guanidine groups is 1. The van der Waals surface area contributed by atoms with Crippen LogP contribution in [-0.2, 0) is 23.8 Å². The summed E-state index contributed by atoms with van der Waals surface area (Å²) in [4.78, 5) is 24.2. The first kappa shape index (κ1) is 41.6. The number of aryl methyl sites for hydroxylation is 1. The minimum atomic E-state index is -4.25. The number of thioether (sulfide) groups is 1. The number of rotatable bonds is 13. The Hall–Kier alpha value is -3.81. The van der Waals surface area contributed by atoms with Crippen LogP contribution >= 0.6 is 11.8 Å². The van der Waals surface area contributed by atoms with Gasteiger partial charge < -0.3 is 27.5 Å². The number of nitrogens with one attached hydrogen (secondary N) is 2. The highest BCUT2D eigenvalue weighted by Crippen LogP contribution is 2.39. The Morgan fingerprint density at radius 1 is 0.980 bits per heavy atom. The van der Waals surface area contributed by atoms with E-state index in [4.69, 9.17) is 17.2 Å². The summed E-state index contributed by atoms with van der Waals surface area (Å²) in [5.41, 5.74) is 17.2. The highest BCUT2D eigenvalue weighted by atomic mass is 32.2. The molecule has 0 aliphatic carbocycles. The van der Waals surface area contributed by atoms with E-state index in [-0.39, 0.29) is 45.2 Å². The number of nitrogens with zero attached hydrogens (tertiary/aromatic N) is 3. The third-order valence-corrected chi connectivity index (χ3v) is 9.00. The number of hydrogen-bond acceptors (Lipinski definition) is 6. The minimum Gasteiger partial charge on any atom is -0.370 e. The number of halogens is 3. The molecule has 280 valence electrons. The van der Waals surface area contributed by atoms with E-state index in [9.17, 15) is 18.0 Å². The zero-order chi connectivity index (χ0) is 38.0. The molecule has 0 aliphatic rings. The minimum absolute atomic E-state index is 0.0352. The second-order valence-corrected chi connectivity index (χ2v) is 16.0. The summed E-state index contributed by atoms with van der Waals surface area (Å²) in [6, 6.07) is 15.4. The van der Waals surface area contributed by atoms with Crippen LogP contribution in [0.3, 0.4) is 0 Å². The summed E-state index contributed by atoms with van der Waals surface area (Å²) < 4.78 is 39.5. The highest BCUT2D eigenvalue weighted by Gasteiger charge is 2.30. The van der Waals surface area contributed by atoms with Crippen LogP contribution in [0.25, 0.3) is 16.7 Å². The summed E-state index contributed by atoms with van der Waals surface area (Å²) >= 11 is -0.0352. The van der Waals surface area contributed by atoms with Gasteiger partial charge in [0.15, 0.2) is 5.96 Å². The van der Waals surface area contributed by atoms with Gasteiger partial charge in [0.2, 0.25) is 0 Å². The van der Waals surface area contributed by atoms with Gasteiger partial charge in [-0.05, 0) is 103 Å². The Balaban J connectivity index is 0.000000287. The van der Waals surface area contributed by atoms with Crippen molar-refractivity contribution in [3.63, 3.8) is 0 Å². The molecule has 8 N–H and O–H groups in total. The maximum absolute atomic E-state index is 12.7. The molecule has 0 radical (unpaired) electrons. The van der Waals surface area contributed by atoms with Crippen molar-refractivity contribution >= 4 is 28.8 Å². The van der Waals surface area contributed by atoms with E-state index in [2.05, 4.69) is 47.1 Å². The predicted molar refractivity (Wildman–Crippen MR) is 206 cm³/mol. The van der Waals surface area contributed by atoms with Crippen LogP contribution in [0.4, 0.5) is 13.2 Å². The van der Waals surface area contributed by atoms with Crippen LogP contribution in [0.2, 0.25) is 0 Å². The highest BCUT2D eigenvalue weighted by molar-refractivity contribution is 8.00. The molecule has 2 heterocycles. The third-order valence-electron chi connectivity index (χ3n) is 8.30. The van der Waals surface area contributed by atoms with E-state index in [1.165, 1.54) is 0 Å². The van der Waals surface area contributed by atoms with Gasteiger partial charge in [0, 0.05) is 46.7 Å². The van der Waals surface area contributed by atoms with Crippen LogP contribution < -0.4 is 28.2 Å². The SMILES string of the molecule is CC(C)(C)c1cc2cn(-c3ccc(CNCCCN=C(N)N)cc3)c(=O)nc2[nH]1.CC[C@H](N)CCCc1cc(SC(F)(F)F)cc(C(C)(C)C)c1. The molecule has 51 heavy (non-hydrogen) atoms. The predicted octanol–water partition coefficient (Wildman–Crippen LogP) is 7.42. The number of nitrogens with two attached hydrogens (primary N) is 3. The first-order valence-corrected chi connectivity index (χ1v) is 18.2. The van der Waals surface area contributed by atoms with Gasteiger partial charge in [0.25, 0.3) is 0 Å². The molecule has 0 spiro atoms. The number of aromatic amines is 1. The fraction of sp³-hybridized carbons (Fsp3) is 0.500. The summed E-state index contributed by atoms with van der Waals surface area (Å²) in [5, 5.41) is 4.27. The fourth-order valence-electron chi connectivity index (χ4n) is 5.21. The van der Waals surface area contributed by atoms with Crippen molar-refractivity contribution in [3.8, 4) is 5.69 Å². The Morgan fingerprint density at radius 2 is 1.67 bits per heavy atom. The molecule has 2 aromatic carbocycles. The molecule has 0 bridgehead atoms. The lowest BCUT2D eigenvalue weighted by atomic mass is 9.85. The van der Waals surface area contributed by atoms with E-state index in [0.717, 1.165) is 78.7 Å². The quantitative estimate of drug-likeness (QED) is 0.0416. The van der Waals surface area contributed by atoms with Crippen LogP contribution in [-0.4, -0.2) is 45.1 Å². The van der Waals surface area contributed by atoms with Gasteiger partial charge in [-0.1, -0.05) is 66.7 Å². The molecule has 9 nitrogen and oxygen atoms in total. The number of fused-ring (bicyclic) bond motifs is 1. The molecule has 4 aromatic rings. The van der Waals surface area contributed by atoms with Crippen LogP contribution in [0, 0.1) is 0 Å². The Bertz CT molecular complexity index is 1780. The largest absolute Gasteiger partial charge is 0.446 e. The summed E-state index contributed by atoms with van der Waals surface area (Å²) in [7, 11) is 0. The number of alkyl halides is 3. The topological polar surface area (TPSA) is 153 Å². The maximum atomic E-state index is 12.7. The summed E-state index contributed by atoms with van der Waals surface area (Å²) in [6.07, 6.45) is 6.20. The summed E-state index contributed by atoms with van der Waals surface area (Å²) in [6.45, 7) is 16.6. The number of aromatic nitrogens is 3. The average molecular weight is 729 g/mol. The van der Waals surface area contributed by atoms with Gasteiger partial charge in [-0.25, -0.2) is 4.79 Å². The average Bonchev–Trinajstić information content (AvgIpc) is 3.45. The zero-order valence-corrected chi connectivity index (χ0v) is 31.8. The van der Waals surface area contributed by atoms with Crippen molar-refractivity contribution in [1.82, 2.24) is 19.9 Å². The first-order valence-electron chi connectivity index (χ1n) is 17.4. The van der Waals surface area contributed by atoms with Crippen molar-refractivity contribution in [1.29, 1.82) is 0 Å². The van der Waals surface area contributed by atoms with Crippen molar-refractivity contribution < 1.29 is 13.2 Å². The molecule has 2 aromatic heterocycles. The summed E-state index contributed by atoms with van der Waals surface area (Å²) in [5.74, 6) is 0.123. The number of hydrogen-bond donors (Lipinski definition) is 5. The molecule has 0 saturated carbocycles. The molecule has 0 amide bonds. The van der Waals surface area contributed by atoms with Crippen LogP contribution in [0.5, 0.6) is 0 Å². The van der Waals surface area contributed by atoms with Gasteiger partial charge in [-0.15, -0.1) is 0 Å². The Labute approximate surface area is 304 Å². The van der Waals surface area contributed by atoms with Crippen molar-refractivity contribution in [2.75, 3.05) is 13.1 Å². The van der Waals surface area contributed by atoms with E-state index < -0.39 is 5.51 Å². The molecule has 0 unspecified atom stereocenters. The number of aliphatic imine (C=N–C) groups is 1.